The number of anilines is 1. The van der Waals surface area contributed by atoms with Crippen molar-refractivity contribution in [3.8, 4) is 0 Å². The second kappa shape index (κ2) is 5.80. The number of carbonyl (C=O) groups is 2. The van der Waals surface area contributed by atoms with E-state index >= 15 is 0 Å². The highest BCUT2D eigenvalue weighted by molar-refractivity contribution is 5.96. The molecule has 0 spiro atoms. The highest BCUT2D eigenvalue weighted by Gasteiger charge is 2.25. The van der Waals surface area contributed by atoms with Crippen molar-refractivity contribution in [1.82, 2.24) is 9.55 Å². The lowest BCUT2D eigenvalue weighted by Gasteiger charge is -2.21. The van der Waals surface area contributed by atoms with Crippen LogP contribution in [0.1, 0.15) is 16.7 Å². The summed E-state index contributed by atoms with van der Waals surface area (Å²) in [5.74, 6) is -1.85. The Bertz CT molecular complexity index is 873. The van der Waals surface area contributed by atoms with Crippen molar-refractivity contribution in [2.75, 3.05) is 5.32 Å². The molecule has 0 saturated carbocycles. The number of pyridine rings is 1. The summed E-state index contributed by atoms with van der Waals surface area (Å²) in [4.78, 5) is 27.5. The number of rotatable bonds is 5. The minimum Gasteiger partial charge on any atom is -0.477 e. The lowest BCUT2D eigenvalue weighted by molar-refractivity contribution is -0.120. The molecular formula is C16H14N4O3. The number of hydrogen-bond acceptors (Lipinski definition) is 4. The average molecular weight is 310 g/mol. The number of nitrogens with one attached hydrogen (secondary N) is 1. The number of aromatic nitrogens is 2. The van der Waals surface area contributed by atoms with Crippen LogP contribution in [-0.2, 0) is 4.79 Å². The fourth-order valence-corrected chi connectivity index (χ4v) is 2.46. The zero-order valence-electron chi connectivity index (χ0n) is 12.0. The van der Waals surface area contributed by atoms with Gasteiger partial charge in [0.05, 0.1) is 11.7 Å². The number of amides is 1. The first-order chi connectivity index (χ1) is 11.1. The third kappa shape index (κ3) is 2.71. The smallest absolute Gasteiger partial charge is 0.352 e. The van der Waals surface area contributed by atoms with Gasteiger partial charge < -0.3 is 20.7 Å². The van der Waals surface area contributed by atoms with E-state index in [1.54, 1.807) is 36.5 Å². The quantitative estimate of drug-likeness (QED) is 0.666. The first kappa shape index (κ1) is 14.6. The summed E-state index contributed by atoms with van der Waals surface area (Å²) in [7, 11) is 0. The van der Waals surface area contributed by atoms with E-state index in [1.165, 1.54) is 16.8 Å². The van der Waals surface area contributed by atoms with E-state index < -0.39 is 18.0 Å². The molecule has 7 nitrogen and oxygen atoms in total. The summed E-state index contributed by atoms with van der Waals surface area (Å²) >= 11 is 0. The molecule has 0 aliphatic rings. The molecule has 0 radical (unpaired) electrons. The molecule has 0 aliphatic carbocycles. The van der Waals surface area contributed by atoms with Gasteiger partial charge in [-0.2, -0.15) is 0 Å². The molecular weight excluding hydrogens is 296 g/mol. The van der Waals surface area contributed by atoms with Crippen LogP contribution in [0.15, 0.2) is 54.9 Å². The van der Waals surface area contributed by atoms with Crippen molar-refractivity contribution in [2.24, 2.45) is 5.73 Å². The zero-order chi connectivity index (χ0) is 16.4. The first-order valence-electron chi connectivity index (χ1n) is 6.87. The van der Waals surface area contributed by atoms with Gasteiger partial charge in [-0.3, -0.25) is 9.78 Å². The molecule has 116 valence electrons. The van der Waals surface area contributed by atoms with Crippen LogP contribution in [0.2, 0.25) is 0 Å². The molecule has 0 bridgehead atoms. The Kier molecular flexibility index (Phi) is 3.68. The second-order valence-corrected chi connectivity index (χ2v) is 4.95. The van der Waals surface area contributed by atoms with Gasteiger partial charge in [0.1, 0.15) is 5.69 Å². The van der Waals surface area contributed by atoms with Gasteiger partial charge in [-0.05, 0) is 24.3 Å². The van der Waals surface area contributed by atoms with Gasteiger partial charge in [0, 0.05) is 17.3 Å². The molecule has 0 fully saturated rings. The lowest BCUT2D eigenvalue weighted by Crippen LogP contribution is -2.34. The third-order valence-electron chi connectivity index (χ3n) is 3.47. The van der Waals surface area contributed by atoms with Crippen molar-refractivity contribution >= 4 is 28.5 Å². The van der Waals surface area contributed by atoms with Gasteiger partial charge in [0.25, 0.3) is 5.91 Å². The van der Waals surface area contributed by atoms with Crippen LogP contribution in [-0.4, -0.2) is 26.5 Å². The van der Waals surface area contributed by atoms with Crippen molar-refractivity contribution < 1.29 is 14.7 Å². The number of carboxylic acid groups (broad SMARTS) is 1. The van der Waals surface area contributed by atoms with E-state index in [2.05, 4.69) is 10.3 Å². The maximum atomic E-state index is 11.9. The van der Waals surface area contributed by atoms with Crippen LogP contribution in [0, 0.1) is 0 Å². The van der Waals surface area contributed by atoms with Crippen LogP contribution in [0.3, 0.4) is 0 Å². The number of nitrogens with zero attached hydrogens (tertiary/aromatic N) is 2. The molecule has 1 unspecified atom stereocenters. The normalized spacial score (nSPS) is 12.0. The number of para-hydroxylation sites is 1. The van der Waals surface area contributed by atoms with Crippen molar-refractivity contribution in [3.63, 3.8) is 0 Å². The molecule has 1 aromatic carbocycles. The molecule has 7 heteroatoms. The van der Waals surface area contributed by atoms with E-state index in [-0.39, 0.29) is 5.69 Å². The summed E-state index contributed by atoms with van der Waals surface area (Å²) < 4.78 is 1.35. The minimum atomic E-state index is -1.15. The fraction of sp³-hybridized carbons (Fsp3) is 0.0625. The molecule has 0 aliphatic heterocycles. The van der Waals surface area contributed by atoms with Crippen molar-refractivity contribution in [1.29, 1.82) is 0 Å². The molecule has 23 heavy (non-hydrogen) atoms. The molecule has 3 rings (SSSR count). The summed E-state index contributed by atoms with van der Waals surface area (Å²) in [6.45, 7) is 0. The van der Waals surface area contributed by atoms with E-state index in [4.69, 9.17) is 5.73 Å². The van der Waals surface area contributed by atoms with Gasteiger partial charge in [0.2, 0.25) is 0 Å². The summed E-state index contributed by atoms with van der Waals surface area (Å²) in [5.41, 5.74) is 6.62. The predicted molar refractivity (Wildman–Crippen MR) is 85.0 cm³/mol. The highest BCUT2D eigenvalue weighted by atomic mass is 16.4. The van der Waals surface area contributed by atoms with E-state index in [0.29, 0.717) is 16.6 Å². The van der Waals surface area contributed by atoms with Crippen LogP contribution >= 0.6 is 0 Å². The number of primary amides is 1. The standard InChI is InChI=1S/C16H14N4O3/c17-14(21)15(19-11-4-2-1-3-5-11)20-12(16(22)23)8-10-6-7-18-9-13(10)20/h1-9,15,19H,(H2,17,21)(H,22,23). The molecule has 2 aromatic heterocycles. The van der Waals surface area contributed by atoms with Crippen LogP contribution in [0.5, 0.6) is 0 Å². The maximum absolute atomic E-state index is 11.9. The number of carbonyl (C=O) groups excluding carboxylic acids is 1. The lowest BCUT2D eigenvalue weighted by atomic mass is 10.3. The second-order valence-electron chi connectivity index (χ2n) is 4.95. The molecule has 0 saturated heterocycles. The van der Waals surface area contributed by atoms with Gasteiger partial charge in [-0.25, -0.2) is 4.79 Å². The van der Waals surface area contributed by atoms with Crippen molar-refractivity contribution in [2.45, 2.75) is 6.17 Å². The van der Waals surface area contributed by atoms with Crippen LogP contribution < -0.4 is 11.1 Å². The number of aromatic carboxylic acids is 1. The third-order valence-corrected chi connectivity index (χ3v) is 3.47. The number of nitrogens with two attached hydrogens (primary N) is 1. The fourth-order valence-electron chi connectivity index (χ4n) is 2.46. The number of benzene rings is 1. The Hall–Kier alpha value is -3.35. The van der Waals surface area contributed by atoms with Crippen LogP contribution in [0.25, 0.3) is 10.9 Å². The van der Waals surface area contributed by atoms with E-state index in [9.17, 15) is 14.7 Å². The summed E-state index contributed by atoms with van der Waals surface area (Å²) in [6.07, 6.45) is 2.01. The van der Waals surface area contributed by atoms with Crippen LogP contribution in [0.4, 0.5) is 5.69 Å². The number of fused-ring (bicyclic) bond motifs is 1. The Balaban J connectivity index is 2.16. The SMILES string of the molecule is NC(=O)C(Nc1ccccc1)n1c(C(=O)O)cc2ccncc21. The molecule has 1 amide bonds. The molecule has 4 N–H and O–H groups in total. The van der Waals surface area contributed by atoms with Gasteiger partial charge in [-0.15, -0.1) is 0 Å². The molecule has 2 heterocycles. The minimum absolute atomic E-state index is 0.0415. The van der Waals surface area contributed by atoms with E-state index in [1.807, 2.05) is 6.07 Å². The summed E-state index contributed by atoms with van der Waals surface area (Å²) in [5, 5.41) is 13.1. The topological polar surface area (TPSA) is 110 Å². The zero-order valence-corrected chi connectivity index (χ0v) is 12.0. The number of carboxylic acids is 1. The Morgan fingerprint density at radius 2 is 1.96 bits per heavy atom. The predicted octanol–water partition coefficient (Wildman–Crippen LogP) is 1.83. The molecule has 1 atom stereocenters. The molecule has 3 aromatic rings. The van der Waals surface area contributed by atoms with Gasteiger partial charge in [0.15, 0.2) is 6.17 Å². The van der Waals surface area contributed by atoms with Gasteiger partial charge in [-0.1, -0.05) is 18.2 Å². The van der Waals surface area contributed by atoms with E-state index in [0.717, 1.165) is 0 Å². The summed E-state index contributed by atoms with van der Waals surface area (Å²) in [6, 6.07) is 12.1. The van der Waals surface area contributed by atoms with Crippen molar-refractivity contribution in [3.05, 3.63) is 60.6 Å². The Morgan fingerprint density at radius 3 is 2.61 bits per heavy atom. The monoisotopic (exact) mass is 310 g/mol. The Labute approximate surface area is 131 Å². The number of hydrogen-bond donors (Lipinski definition) is 3. The average Bonchev–Trinajstić information content (AvgIpc) is 2.93. The Morgan fingerprint density at radius 1 is 1.22 bits per heavy atom. The maximum Gasteiger partial charge on any atom is 0.352 e. The van der Waals surface area contributed by atoms with Gasteiger partial charge >= 0.3 is 5.97 Å². The first-order valence-corrected chi connectivity index (χ1v) is 6.87. The largest absolute Gasteiger partial charge is 0.477 e. The highest BCUT2D eigenvalue weighted by Crippen LogP contribution is 2.25.